The van der Waals surface area contributed by atoms with E-state index in [1.54, 1.807) is 0 Å². The van der Waals surface area contributed by atoms with Crippen molar-refractivity contribution in [3.63, 3.8) is 0 Å². The summed E-state index contributed by atoms with van der Waals surface area (Å²) in [6, 6.07) is 0. The molecule has 2 aliphatic rings. The molecule has 0 aromatic rings. The molecule has 0 amide bonds. The van der Waals surface area contributed by atoms with Crippen LogP contribution in [0.25, 0.3) is 0 Å². The molecule has 0 aromatic heterocycles. The van der Waals surface area contributed by atoms with Crippen LogP contribution in [0.5, 0.6) is 0 Å². The van der Waals surface area contributed by atoms with E-state index in [1.807, 2.05) is 0 Å². The van der Waals surface area contributed by atoms with Crippen molar-refractivity contribution in [3.05, 3.63) is 0 Å². The summed E-state index contributed by atoms with van der Waals surface area (Å²) in [6.45, 7) is 1.01. The second-order valence-electron chi connectivity index (χ2n) is 4.57. The third-order valence-corrected chi connectivity index (χ3v) is 4.76. The van der Waals surface area contributed by atoms with Gasteiger partial charge in [0.15, 0.2) is 0 Å². The second-order valence-corrected chi connectivity index (χ2v) is 5.77. The Balaban J connectivity index is 1.80. The molecular weight excluding hydrogens is 191 g/mol. The minimum absolute atomic E-state index is 0.543. The van der Waals surface area contributed by atoms with E-state index < -0.39 is 0 Å². The monoisotopic (exact) mass is 212 g/mol. The van der Waals surface area contributed by atoms with Crippen LogP contribution in [0.4, 0.5) is 0 Å². The van der Waals surface area contributed by atoms with Gasteiger partial charge in [0.1, 0.15) is 0 Å². The predicted octanol–water partition coefficient (Wildman–Crippen LogP) is 3.74. The molecule has 3 heteroatoms. The maximum absolute atomic E-state index is 5.88. The average Bonchev–Trinajstić information content (AvgIpc) is 2.18. The molecule has 0 unspecified atom stereocenters. The molecule has 14 heavy (non-hydrogen) atoms. The molecule has 0 aromatic carbocycles. The summed E-state index contributed by atoms with van der Waals surface area (Å²) in [5, 5.41) is 0. The molecule has 0 spiro atoms. The average molecular weight is 212 g/mol. The van der Waals surface area contributed by atoms with Gasteiger partial charge in [0.2, 0.25) is 0 Å². The van der Waals surface area contributed by atoms with E-state index in [1.165, 1.54) is 57.1 Å². The zero-order valence-corrected chi connectivity index (χ0v) is 9.86. The van der Waals surface area contributed by atoms with Crippen LogP contribution in [0.3, 0.4) is 0 Å². The van der Waals surface area contributed by atoms with Crippen molar-refractivity contribution >= 4 is 17.8 Å². The van der Waals surface area contributed by atoms with E-state index >= 15 is 0 Å². The molecule has 0 N–H and O–H groups in total. The Labute approximate surface area is 92.4 Å². The molecule has 2 fully saturated rings. The Bertz CT molecular complexity index is 151. The van der Waals surface area contributed by atoms with Gasteiger partial charge in [-0.1, -0.05) is 44.9 Å². The first kappa shape index (κ1) is 10.9. The van der Waals surface area contributed by atoms with Gasteiger partial charge >= 0.3 is 6.19 Å². The van der Waals surface area contributed by atoms with E-state index in [2.05, 4.69) is 11.6 Å². The normalized spacial score (nSPS) is 27.0. The Morgan fingerprint density at radius 2 is 1.64 bits per heavy atom. The molecule has 1 heterocycles. The third kappa shape index (κ3) is 3.20. The summed E-state index contributed by atoms with van der Waals surface area (Å²) in [4.78, 5) is 0. The lowest BCUT2D eigenvalue weighted by atomic mass is 9.70. The maximum atomic E-state index is 5.88. The van der Waals surface area contributed by atoms with Gasteiger partial charge in [0.05, 0.1) is 0 Å². The lowest BCUT2D eigenvalue weighted by molar-refractivity contribution is 0.312. The van der Waals surface area contributed by atoms with Crippen molar-refractivity contribution in [2.24, 2.45) is 0 Å². The van der Waals surface area contributed by atoms with Gasteiger partial charge in [-0.2, -0.15) is 11.6 Å². The van der Waals surface area contributed by atoms with Gasteiger partial charge < -0.3 is 4.65 Å². The summed E-state index contributed by atoms with van der Waals surface area (Å²) in [6.07, 6.45) is 11.9. The predicted molar refractivity (Wildman–Crippen MR) is 64.9 cm³/mol. The molecule has 1 nitrogen and oxygen atoms in total. The van der Waals surface area contributed by atoms with Crippen LogP contribution in [0.2, 0.25) is 5.82 Å². The minimum Gasteiger partial charge on any atom is -0.425 e. The van der Waals surface area contributed by atoms with Crippen LogP contribution in [0.15, 0.2) is 0 Å². The first-order valence-electron chi connectivity index (χ1n) is 6.20. The van der Waals surface area contributed by atoms with Crippen LogP contribution in [-0.4, -0.2) is 18.6 Å². The highest BCUT2D eigenvalue weighted by Crippen LogP contribution is 2.35. The molecule has 1 saturated carbocycles. The first-order valence-corrected chi connectivity index (χ1v) is 7.25. The van der Waals surface area contributed by atoms with E-state index in [0.29, 0.717) is 6.19 Å². The standard InChI is InChI=1S/C11H21BOS/c1-2-4-7-11(8-5-3-1)12-13-9-6-10-14-12/h11H,1-10H2. The Kier molecular flexibility index (Phi) is 4.71. The highest BCUT2D eigenvalue weighted by atomic mass is 32.2. The SMILES string of the molecule is C1CCCC(B2OCCCS2)CCC1. The summed E-state index contributed by atoms with van der Waals surface area (Å²) < 4.78 is 5.88. The molecular formula is C11H21BOS. The van der Waals surface area contributed by atoms with Gasteiger partial charge in [-0.15, -0.1) is 0 Å². The van der Waals surface area contributed by atoms with Gasteiger partial charge in [0.25, 0.3) is 0 Å². The number of hydrogen-bond acceptors (Lipinski definition) is 2. The molecule has 0 bridgehead atoms. The van der Waals surface area contributed by atoms with Crippen molar-refractivity contribution in [1.29, 1.82) is 0 Å². The lowest BCUT2D eigenvalue weighted by Crippen LogP contribution is -2.27. The van der Waals surface area contributed by atoms with Crippen molar-refractivity contribution in [2.75, 3.05) is 12.4 Å². The molecule has 1 saturated heterocycles. The summed E-state index contributed by atoms with van der Waals surface area (Å²) in [5.41, 5.74) is 0. The minimum atomic E-state index is 0.543. The Morgan fingerprint density at radius 3 is 2.29 bits per heavy atom. The molecule has 0 radical (unpaired) electrons. The van der Waals surface area contributed by atoms with Gasteiger partial charge in [-0.25, -0.2) is 0 Å². The summed E-state index contributed by atoms with van der Waals surface area (Å²) in [7, 11) is 0. The fourth-order valence-corrected chi connectivity index (χ4v) is 3.79. The zero-order chi connectivity index (χ0) is 9.64. The molecule has 1 aliphatic heterocycles. The van der Waals surface area contributed by atoms with Crippen LogP contribution >= 0.6 is 11.6 Å². The third-order valence-electron chi connectivity index (χ3n) is 3.39. The quantitative estimate of drug-likeness (QED) is 0.612. The second kappa shape index (κ2) is 6.07. The molecule has 1 aliphatic carbocycles. The van der Waals surface area contributed by atoms with Crippen LogP contribution in [-0.2, 0) is 4.65 Å². The Hall–Kier alpha value is 0.375. The van der Waals surface area contributed by atoms with Gasteiger partial charge in [-0.05, 0) is 18.0 Å². The van der Waals surface area contributed by atoms with E-state index in [4.69, 9.17) is 4.65 Å². The first-order chi connectivity index (χ1) is 6.97. The summed E-state index contributed by atoms with van der Waals surface area (Å²) >= 11 is 2.06. The number of rotatable bonds is 1. The highest BCUT2D eigenvalue weighted by Gasteiger charge is 2.30. The fourth-order valence-electron chi connectivity index (χ4n) is 2.54. The number of hydrogen-bond donors (Lipinski definition) is 0. The largest absolute Gasteiger partial charge is 0.425 e. The molecule has 0 atom stereocenters. The van der Waals surface area contributed by atoms with Crippen LogP contribution < -0.4 is 0 Å². The van der Waals surface area contributed by atoms with E-state index in [0.717, 1.165) is 12.4 Å². The van der Waals surface area contributed by atoms with Crippen LogP contribution in [0.1, 0.15) is 51.4 Å². The smallest absolute Gasteiger partial charge is 0.364 e. The Morgan fingerprint density at radius 1 is 0.929 bits per heavy atom. The lowest BCUT2D eigenvalue weighted by Gasteiger charge is -2.28. The van der Waals surface area contributed by atoms with E-state index in [-0.39, 0.29) is 0 Å². The maximum Gasteiger partial charge on any atom is 0.364 e. The fraction of sp³-hybridized carbons (Fsp3) is 1.00. The topological polar surface area (TPSA) is 9.23 Å². The van der Waals surface area contributed by atoms with Crippen LogP contribution in [0, 0.1) is 0 Å². The van der Waals surface area contributed by atoms with Crippen molar-refractivity contribution in [1.82, 2.24) is 0 Å². The van der Waals surface area contributed by atoms with Gasteiger partial charge in [0, 0.05) is 6.61 Å². The molecule has 80 valence electrons. The van der Waals surface area contributed by atoms with Crippen molar-refractivity contribution in [2.45, 2.75) is 57.2 Å². The zero-order valence-electron chi connectivity index (χ0n) is 9.04. The molecule has 2 rings (SSSR count). The summed E-state index contributed by atoms with van der Waals surface area (Å²) in [5.74, 6) is 2.18. The van der Waals surface area contributed by atoms with E-state index in [9.17, 15) is 0 Å². The van der Waals surface area contributed by atoms with Crippen molar-refractivity contribution < 1.29 is 4.65 Å². The van der Waals surface area contributed by atoms with Gasteiger partial charge in [-0.3, -0.25) is 0 Å². The highest BCUT2D eigenvalue weighted by molar-refractivity contribution is 8.25. The van der Waals surface area contributed by atoms with Crippen molar-refractivity contribution in [3.8, 4) is 0 Å².